The highest BCUT2D eigenvalue weighted by Crippen LogP contribution is 2.35. The van der Waals surface area contributed by atoms with E-state index in [4.69, 9.17) is 10.7 Å². The van der Waals surface area contributed by atoms with Gasteiger partial charge in [0.25, 0.3) is 0 Å². The molecule has 0 aliphatic heterocycles. The minimum atomic E-state index is 0.555. The molecule has 19 heavy (non-hydrogen) atoms. The van der Waals surface area contributed by atoms with Gasteiger partial charge in [-0.2, -0.15) is 0 Å². The standard InChI is InChI=1S/C15H19N3S/c1-18(10-11-7-8-11)15-17-14(13(9-16)19-15)12-5-3-2-4-6-12/h2-6,11H,7-10,16H2,1H3. The van der Waals surface area contributed by atoms with Crippen molar-refractivity contribution >= 4 is 16.5 Å². The number of nitrogens with two attached hydrogens (primary N) is 1. The van der Waals surface area contributed by atoms with Gasteiger partial charge in [-0.3, -0.25) is 0 Å². The Morgan fingerprint density at radius 3 is 2.68 bits per heavy atom. The molecule has 2 N–H and O–H groups in total. The maximum absolute atomic E-state index is 5.87. The maximum Gasteiger partial charge on any atom is 0.185 e. The Labute approximate surface area is 118 Å². The average molecular weight is 273 g/mol. The van der Waals surface area contributed by atoms with Crippen LogP contribution in [0.3, 0.4) is 0 Å². The van der Waals surface area contributed by atoms with E-state index in [9.17, 15) is 0 Å². The number of nitrogens with zero attached hydrogens (tertiary/aromatic N) is 2. The van der Waals surface area contributed by atoms with E-state index in [1.54, 1.807) is 11.3 Å². The van der Waals surface area contributed by atoms with Crippen molar-refractivity contribution in [2.75, 3.05) is 18.5 Å². The normalized spacial score (nSPS) is 14.6. The Morgan fingerprint density at radius 1 is 1.32 bits per heavy atom. The summed E-state index contributed by atoms with van der Waals surface area (Å²) in [6.07, 6.45) is 2.73. The van der Waals surface area contributed by atoms with E-state index in [-0.39, 0.29) is 0 Å². The van der Waals surface area contributed by atoms with Crippen LogP contribution in [0.2, 0.25) is 0 Å². The van der Waals surface area contributed by atoms with Crippen LogP contribution in [0.5, 0.6) is 0 Å². The van der Waals surface area contributed by atoms with Crippen LogP contribution in [0.15, 0.2) is 30.3 Å². The van der Waals surface area contributed by atoms with Gasteiger partial charge in [-0.1, -0.05) is 41.7 Å². The van der Waals surface area contributed by atoms with Crippen LogP contribution in [-0.4, -0.2) is 18.6 Å². The highest BCUT2D eigenvalue weighted by Gasteiger charge is 2.24. The van der Waals surface area contributed by atoms with E-state index in [0.29, 0.717) is 6.54 Å². The summed E-state index contributed by atoms with van der Waals surface area (Å²) in [6.45, 7) is 1.67. The molecule has 1 saturated carbocycles. The minimum Gasteiger partial charge on any atom is -0.351 e. The first-order chi connectivity index (χ1) is 9.28. The van der Waals surface area contributed by atoms with Crippen molar-refractivity contribution in [2.24, 2.45) is 11.7 Å². The first kappa shape index (κ1) is 12.6. The SMILES string of the molecule is CN(CC1CC1)c1nc(-c2ccccc2)c(CN)s1. The molecule has 1 aliphatic carbocycles. The fourth-order valence-electron chi connectivity index (χ4n) is 2.23. The number of hydrogen-bond acceptors (Lipinski definition) is 4. The van der Waals surface area contributed by atoms with Crippen molar-refractivity contribution in [1.29, 1.82) is 0 Å². The maximum atomic E-state index is 5.87. The molecule has 1 aliphatic rings. The van der Waals surface area contributed by atoms with Crippen molar-refractivity contribution < 1.29 is 0 Å². The van der Waals surface area contributed by atoms with Gasteiger partial charge in [0, 0.05) is 30.6 Å². The summed E-state index contributed by atoms with van der Waals surface area (Å²) in [5, 5.41) is 1.09. The van der Waals surface area contributed by atoms with Crippen molar-refractivity contribution in [3.63, 3.8) is 0 Å². The van der Waals surface area contributed by atoms with Gasteiger partial charge in [-0.05, 0) is 18.8 Å². The molecule has 0 unspecified atom stereocenters. The molecule has 1 aromatic heterocycles. The van der Waals surface area contributed by atoms with Crippen LogP contribution in [0.4, 0.5) is 5.13 Å². The molecule has 0 bridgehead atoms. The van der Waals surface area contributed by atoms with Crippen molar-refractivity contribution in [3.05, 3.63) is 35.2 Å². The summed E-state index contributed by atoms with van der Waals surface area (Å²) in [5.74, 6) is 0.871. The quantitative estimate of drug-likeness (QED) is 0.910. The number of anilines is 1. The summed E-state index contributed by atoms with van der Waals surface area (Å²) < 4.78 is 0. The number of aromatic nitrogens is 1. The molecule has 0 amide bonds. The third-order valence-corrected chi connectivity index (χ3v) is 4.67. The predicted molar refractivity (Wildman–Crippen MR) is 81.4 cm³/mol. The summed E-state index contributed by atoms with van der Waals surface area (Å²) in [4.78, 5) is 8.24. The van der Waals surface area contributed by atoms with E-state index in [1.165, 1.54) is 17.7 Å². The molecular weight excluding hydrogens is 254 g/mol. The van der Waals surface area contributed by atoms with Crippen molar-refractivity contribution in [1.82, 2.24) is 4.98 Å². The minimum absolute atomic E-state index is 0.555. The Bertz CT molecular complexity index is 546. The first-order valence-electron chi connectivity index (χ1n) is 6.74. The topological polar surface area (TPSA) is 42.2 Å². The smallest absolute Gasteiger partial charge is 0.185 e. The van der Waals surface area contributed by atoms with Crippen LogP contribution < -0.4 is 10.6 Å². The largest absolute Gasteiger partial charge is 0.351 e. The van der Waals surface area contributed by atoms with E-state index in [0.717, 1.165) is 28.9 Å². The lowest BCUT2D eigenvalue weighted by atomic mass is 10.1. The van der Waals surface area contributed by atoms with E-state index in [1.807, 2.05) is 18.2 Å². The first-order valence-corrected chi connectivity index (χ1v) is 7.56. The Morgan fingerprint density at radius 2 is 2.05 bits per heavy atom. The second kappa shape index (κ2) is 5.31. The Hall–Kier alpha value is -1.39. The lowest BCUT2D eigenvalue weighted by molar-refractivity contribution is 0.785. The molecule has 1 aromatic carbocycles. The molecule has 1 fully saturated rings. The average Bonchev–Trinajstić information content (AvgIpc) is 3.15. The predicted octanol–water partition coefficient (Wildman–Crippen LogP) is 3.12. The fraction of sp³-hybridized carbons (Fsp3) is 0.400. The lowest BCUT2D eigenvalue weighted by Gasteiger charge is -2.14. The Kier molecular flexibility index (Phi) is 3.53. The van der Waals surface area contributed by atoms with E-state index >= 15 is 0 Å². The van der Waals surface area contributed by atoms with E-state index < -0.39 is 0 Å². The number of thiazole rings is 1. The number of rotatable bonds is 5. The van der Waals surface area contributed by atoms with Gasteiger partial charge in [0.05, 0.1) is 5.69 Å². The van der Waals surface area contributed by atoms with Crippen LogP contribution in [0, 0.1) is 5.92 Å². The second-order valence-corrected chi connectivity index (χ2v) is 6.22. The van der Waals surface area contributed by atoms with Gasteiger partial charge in [0.2, 0.25) is 0 Å². The Balaban J connectivity index is 1.89. The molecule has 0 atom stereocenters. The summed E-state index contributed by atoms with van der Waals surface area (Å²) in [5.41, 5.74) is 8.07. The third kappa shape index (κ3) is 2.80. The zero-order chi connectivity index (χ0) is 13.2. The molecule has 0 spiro atoms. The fourth-order valence-corrected chi connectivity index (χ4v) is 3.16. The summed E-state index contributed by atoms with van der Waals surface area (Å²) >= 11 is 1.72. The summed E-state index contributed by atoms with van der Waals surface area (Å²) in [7, 11) is 2.13. The molecule has 0 saturated heterocycles. The zero-order valence-electron chi connectivity index (χ0n) is 11.2. The van der Waals surface area contributed by atoms with Gasteiger partial charge in [0.1, 0.15) is 0 Å². The molecule has 100 valence electrons. The van der Waals surface area contributed by atoms with Gasteiger partial charge in [-0.25, -0.2) is 4.98 Å². The molecular formula is C15H19N3S. The molecule has 0 radical (unpaired) electrons. The molecule has 3 nitrogen and oxygen atoms in total. The van der Waals surface area contributed by atoms with Crippen LogP contribution in [0.1, 0.15) is 17.7 Å². The zero-order valence-corrected chi connectivity index (χ0v) is 12.0. The molecule has 3 rings (SSSR count). The number of benzene rings is 1. The highest BCUT2D eigenvalue weighted by atomic mass is 32.1. The lowest BCUT2D eigenvalue weighted by Crippen LogP contribution is -2.19. The van der Waals surface area contributed by atoms with Crippen molar-refractivity contribution in [3.8, 4) is 11.3 Å². The van der Waals surface area contributed by atoms with Crippen LogP contribution in [0.25, 0.3) is 11.3 Å². The molecule has 4 heteroatoms. The van der Waals surface area contributed by atoms with E-state index in [2.05, 4.69) is 24.1 Å². The van der Waals surface area contributed by atoms with Crippen molar-refractivity contribution in [2.45, 2.75) is 19.4 Å². The summed E-state index contributed by atoms with van der Waals surface area (Å²) in [6, 6.07) is 10.3. The van der Waals surface area contributed by atoms with Gasteiger partial charge in [-0.15, -0.1) is 0 Å². The third-order valence-electron chi connectivity index (χ3n) is 3.47. The van der Waals surface area contributed by atoms with Gasteiger partial charge in [0.15, 0.2) is 5.13 Å². The number of hydrogen-bond donors (Lipinski definition) is 1. The second-order valence-electron chi connectivity index (χ2n) is 5.16. The van der Waals surface area contributed by atoms with Gasteiger partial charge >= 0.3 is 0 Å². The van der Waals surface area contributed by atoms with Crippen LogP contribution in [-0.2, 0) is 6.54 Å². The molecule has 2 aromatic rings. The highest BCUT2D eigenvalue weighted by molar-refractivity contribution is 7.16. The van der Waals surface area contributed by atoms with Gasteiger partial charge < -0.3 is 10.6 Å². The monoisotopic (exact) mass is 273 g/mol. The molecule has 1 heterocycles. The van der Waals surface area contributed by atoms with Crippen LogP contribution >= 0.6 is 11.3 Å².